The molecular formula is C22H37N5O. The van der Waals surface area contributed by atoms with E-state index in [0.29, 0.717) is 0 Å². The molecule has 2 aliphatic rings. The number of nitrogens with one attached hydrogen (secondary N) is 1. The van der Waals surface area contributed by atoms with E-state index >= 15 is 0 Å². The van der Waals surface area contributed by atoms with Crippen LogP contribution in [0.3, 0.4) is 0 Å². The SMILES string of the molecule is CN=C(NCC1(N(C)C)CCOCC1)N1CCN(Cc2cccc(C)c2)CC1. The highest BCUT2D eigenvalue weighted by Gasteiger charge is 2.35. The first-order chi connectivity index (χ1) is 13.5. The molecule has 0 bridgehead atoms. The number of nitrogens with zero attached hydrogens (tertiary/aromatic N) is 4. The molecule has 1 aromatic rings. The fourth-order valence-corrected chi connectivity index (χ4v) is 4.30. The van der Waals surface area contributed by atoms with Gasteiger partial charge in [0.15, 0.2) is 5.96 Å². The summed E-state index contributed by atoms with van der Waals surface area (Å²) in [5.74, 6) is 1.03. The molecule has 2 saturated heterocycles. The zero-order valence-electron chi connectivity index (χ0n) is 18.1. The van der Waals surface area contributed by atoms with E-state index in [-0.39, 0.29) is 5.54 Å². The summed E-state index contributed by atoms with van der Waals surface area (Å²) in [4.78, 5) is 11.9. The predicted molar refractivity (Wildman–Crippen MR) is 116 cm³/mol. The van der Waals surface area contributed by atoms with Crippen molar-refractivity contribution in [3.05, 3.63) is 35.4 Å². The van der Waals surface area contributed by atoms with Gasteiger partial charge in [-0.2, -0.15) is 0 Å². The van der Waals surface area contributed by atoms with Gasteiger partial charge in [-0.25, -0.2) is 0 Å². The molecule has 3 rings (SSSR count). The Balaban J connectivity index is 1.50. The average Bonchev–Trinajstić information content (AvgIpc) is 2.70. The topological polar surface area (TPSA) is 43.3 Å². The second-order valence-electron chi connectivity index (χ2n) is 8.38. The minimum Gasteiger partial charge on any atom is -0.381 e. The van der Waals surface area contributed by atoms with Gasteiger partial charge in [-0.15, -0.1) is 0 Å². The van der Waals surface area contributed by atoms with Crippen molar-refractivity contribution in [2.45, 2.75) is 31.8 Å². The zero-order chi connectivity index (χ0) is 20.0. The Morgan fingerprint density at radius 1 is 1.18 bits per heavy atom. The molecule has 0 saturated carbocycles. The lowest BCUT2D eigenvalue weighted by molar-refractivity contribution is -0.00535. The highest BCUT2D eigenvalue weighted by molar-refractivity contribution is 5.80. The van der Waals surface area contributed by atoms with Crippen LogP contribution in [0.1, 0.15) is 24.0 Å². The number of aryl methyl sites for hydroxylation is 1. The van der Waals surface area contributed by atoms with Gasteiger partial charge in [-0.1, -0.05) is 29.8 Å². The fraction of sp³-hybridized carbons (Fsp3) is 0.682. The van der Waals surface area contributed by atoms with Gasteiger partial charge in [0.2, 0.25) is 0 Å². The van der Waals surface area contributed by atoms with Crippen LogP contribution in [0.4, 0.5) is 0 Å². The molecule has 0 radical (unpaired) electrons. The highest BCUT2D eigenvalue weighted by atomic mass is 16.5. The van der Waals surface area contributed by atoms with Crippen LogP contribution in [-0.2, 0) is 11.3 Å². The maximum Gasteiger partial charge on any atom is 0.193 e. The van der Waals surface area contributed by atoms with Crippen LogP contribution in [0.2, 0.25) is 0 Å². The fourth-order valence-electron chi connectivity index (χ4n) is 4.30. The van der Waals surface area contributed by atoms with E-state index in [1.54, 1.807) is 0 Å². The van der Waals surface area contributed by atoms with E-state index in [1.165, 1.54) is 11.1 Å². The maximum absolute atomic E-state index is 5.59. The molecule has 156 valence electrons. The lowest BCUT2D eigenvalue weighted by Crippen LogP contribution is -2.59. The van der Waals surface area contributed by atoms with Gasteiger partial charge in [0, 0.05) is 65.1 Å². The molecule has 1 N–H and O–H groups in total. The molecule has 2 aliphatic heterocycles. The summed E-state index contributed by atoms with van der Waals surface area (Å²) < 4.78 is 5.59. The molecule has 2 heterocycles. The van der Waals surface area contributed by atoms with Gasteiger partial charge < -0.3 is 19.9 Å². The van der Waals surface area contributed by atoms with Crippen molar-refractivity contribution in [1.82, 2.24) is 20.0 Å². The predicted octanol–water partition coefficient (Wildman–Crippen LogP) is 1.80. The summed E-state index contributed by atoms with van der Waals surface area (Å²) in [5, 5.41) is 3.66. The quantitative estimate of drug-likeness (QED) is 0.617. The summed E-state index contributed by atoms with van der Waals surface area (Å²) in [6.07, 6.45) is 2.13. The van der Waals surface area contributed by atoms with Crippen molar-refractivity contribution in [2.24, 2.45) is 4.99 Å². The third-order valence-electron chi connectivity index (χ3n) is 6.32. The van der Waals surface area contributed by atoms with E-state index in [9.17, 15) is 0 Å². The largest absolute Gasteiger partial charge is 0.381 e. The second-order valence-corrected chi connectivity index (χ2v) is 8.38. The van der Waals surface area contributed by atoms with Gasteiger partial charge in [-0.05, 0) is 39.4 Å². The number of guanidine groups is 1. The number of benzene rings is 1. The summed E-state index contributed by atoms with van der Waals surface area (Å²) >= 11 is 0. The number of aliphatic imine (C=N–C) groups is 1. The monoisotopic (exact) mass is 387 g/mol. The molecule has 0 unspecified atom stereocenters. The molecule has 6 heteroatoms. The third-order valence-corrected chi connectivity index (χ3v) is 6.32. The van der Waals surface area contributed by atoms with Crippen LogP contribution >= 0.6 is 0 Å². The Labute approximate surface area is 170 Å². The highest BCUT2D eigenvalue weighted by Crippen LogP contribution is 2.25. The molecule has 0 amide bonds. The van der Waals surface area contributed by atoms with Gasteiger partial charge in [0.1, 0.15) is 0 Å². The zero-order valence-corrected chi connectivity index (χ0v) is 18.1. The standard InChI is InChI=1S/C22H37N5O/c1-19-6-5-7-20(16-19)17-26-10-12-27(13-11-26)21(23-2)24-18-22(25(3)4)8-14-28-15-9-22/h5-7,16H,8-15,17-18H2,1-4H3,(H,23,24). The van der Waals surface area contributed by atoms with Crippen molar-refractivity contribution in [1.29, 1.82) is 0 Å². The van der Waals surface area contributed by atoms with Crippen LogP contribution in [0.25, 0.3) is 0 Å². The average molecular weight is 388 g/mol. The summed E-state index contributed by atoms with van der Waals surface area (Å²) in [7, 11) is 6.26. The van der Waals surface area contributed by atoms with Gasteiger partial charge >= 0.3 is 0 Å². The van der Waals surface area contributed by atoms with Crippen molar-refractivity contribution >= 4 is 5.96 Å². The van der Waals surface area contributed by atoms with Crippen molar-refractivity contribution in [2.75, 3.05) is 67.1 Å². The van der Waals surface area contributed by atoms with Crippen molar-refractivity contribution < 1.29 is 4.74 Å². The van der Waals surface area contributed by atoms with E-state index in [4.69, 9.17) is 4.74 Å². The summed E-state index contributed by atoms with van der Waals surface area (Å²) in [6.45, 7) is 9.97. The van der Waals surface area contributed by atoms with Crippen LogP contribution in [0.5, 0.6) is 0 Å². The van der Waals surface area contributed by atoms with Crippen LogP contribution in [0, 0.1) is 6.92 Å². The van der Waals surface area contributed by atoms with Crippen LogP contribution in [-0.4, -0.2) is 93.3 Å². The van der Waals surface area contributed by atoms with Gasteiger partial charge in [0.25, 0.3) is 0 Å². The van der Waals surface area contributed by atoms with E-state index in [0.717, 1.165) is 71.3 Å². The summed E-state index contributed by atoms with van der Waals surface area (Å²) in [5.41, 5.74) is 2.90. The minimum atomic E-state index is 0.154. The molecule has 1 aromatic carbocycles. The van der Waals surface area contributed by atoms with Crippen molar-refractivity contribution in [3.8, 4) is 0 Å². The molecule has 0 atom stereocenters. The molecular weight excluding hydrogens is 350 g/mol. The molecule has 0 aromatic heterocycles. The third kappa shape index (κ3) is 5.25. The first kappa shape index (κ1) is 21.1. The van der Waals surface area contributed by atoms with Crippen LogP contribution < -0.4 is 5.32 Å². The van der Waals surface area contributed by atoms with Gasteiger partial charge in [0.05, 0.1) is 0 Å². The number of piperazine rings is 1. The molecule has 28 heavy (non-hydrogen) atoms. The Bertz CT molecular complexity index is 646. The first-order valence-electron chi connectivity index (χ1n) is 10.5. The Morgan fingerprint density at radius 2 is 1.89 bits per heavy atom. The molecule has 2 fully saturated rings. The maximum atomic E-state index is 5.59. The van der Waals surface area contributed by atoms with Crippen molar-refractivity contribution in [3.63, 3.8) is 0 Å². The normalized spacial score (nSPS) is 21.2. The Kier molecular flexibility index (Phi) is 7.32. The number of likely N-dealkylation sites (N-methyl/N-ethyl adjacent to an activating group) is 1. The smallest absolute Gasteiger partial charge is 0.193 e. The number of ether oxygens (including phenoxy) is 1. The Morgan fingerprint density at radius 3 is 2.50 bits per heavy atom. The van der Waals surface area contributed by atoms with E-state index < -0.39 is 0 Å². The molecule has 0 spiro atoms. The number of hydrogen-bond acceptors (Lipinski definition) is 4. The lowest BCUT2D eigenvalue weighted by atomic mass is 9.88. The first-order valence-corrected chi connectivity index (χ1v) is 10.5. The number of rotatable bonds is 5. The van der Waals surface area contributed by atoms with Crippen LogP contribution in [0.15, 0.2) is 29.3 Å². The van der Waals surface area contributed by atoms with Gasteiger partial charge in [-0.3, -0.25) is 9.89 Å². The number of hydrogen-bond donors (Lipinski definition) is 1. The molecule has 0 aliphatic carbocycles. The Hall–Kier alpha value is -1.63. The minimum absolute atomic E-state index is 0.154. The van der Waals surface area contributed by atoms with E-state index in [1.807, 2.05) is 7.05 Å². The van der Waals surface area contributed by atoms with E-state index in [2.05, 4.69) is 70.3 Å². The lowest BCUT2D eigenvalue weighted by Gasteiger charge is -2.44. The molecule has 6 nitrogen and oxygen atoms in total. The second kappa shape index (κ2) is 9.72. The summed E-state index contributed by atoms with van der Waals surface area (Å²) in [6, 6.07) is 8.84.